The van der Waals surface area contributed by atoms with Gasteiger partial charge in [0.15, 0.2) is 5.75 Å². The Morgan fingerprint density at radius 1 is 1.50 bits per heavy atom. The Kier molecular flexibility index (Phi) is 2.31. The summed E-state index contributed by atoms with van der Waals surface area (Å²) in [5.74, 6) is -1.70. The summed E-state index contributed by atoms with van der Waals surface area (Å²) in [4.78, 5) is 10.9. The molecule has 86 valence electrons. The van der Waals surface area contributed by atoms with Gasteiger partial charge in [-0.25, -0.2) is 0 Å². The predicted molar refractivity (Wildman–Crippen MR) is 51.3 cm³/mol. The minimum Gasteiger partial charge on any atom is -0.423 e. The molecule has 1 amide bonds. The number of halogens is 2. The fourth-order valence-electron chi connectivity index (χ4n) is 1.47. The first kappa shape index (κ1) is 10.8. The molecule has 0 spiro atoms. The van der Waals surface area contributed by atoms with E-state index in [2.05, 4.69) is 4.74 Å². The summed E-state index contributed by atoms with van der Waals surface area (Å²) < 4.78 is 30.3. The van der Waals surface area contributed by atoms with Gasteiger partial charge in [0.1, 0.15) is 0 Å². The molecule has 16 heavy (non-hydrogen) atoms. The van der Waals surface area contributed by atoms with Crippen molar-refractivity contribution in [3.8, 4) is 5.75 Å². The third-order valence-corrected chi connectivity index (χ3v) is 2.24. The topological polar surface area (TPSA) is 58.6 Å². The fourth-order valence-corrected chi connectivity index (χ4v) is 1.47. The Bertz CT molecular complexity index is 446. The zero-order valence-corrected chi connectivity index (χ0v) is 8.33. The molecule has 0 saturated carbocycles. The van der Waals surface area contributed by atoms with E-state index in [4.69, 9.17) is 0 Å². The third kappa shape index (κ3) is 1.61. The van der Waals surface area contributed by atoms with E-state index in [9.17, 15) is 18.7 Å². The Morgan fingerprint density at radius 3 is 2.81 bits per heavy atom. The Labute approximate surface area is 89.8 Å². The number of benzene rings is 1. The van der Waals surface area contributed by atoms with Crippen molar-refractivity contribution >= 4 is 11.6 Å². The highest BCUT2D eigenvalue weighted by atomic mass is 19.3. The minimum atomic E-state index is -3.90. The Hall–Kier alpha value is -1.69. The van der Waals surface area contributed by atoms with Crippen molar-refractivity contribution in [2.45, 2.75) is 19.1 Å². The van der Waals surface area contributed by atoms with Crippen LogP contribution in [0.25, 0.3) is 0 Å². The summed E-state index contributed by atoms with van der Waals surface area (Å²) in [6.45, 7) is 1.42. The van der Waals surface area contributed by atoms with E-state index in [1.54, 1.807) is 0 Å². The number of anilines is 1. The van der Waals surface area contributed by atoms with Crippen molar-refractivity contribution < 1.29 is 23.4 Å². The van der Waals surface area contributed by atoms with Crippen LogP contribution in [0.4, 0.5) is 14.5 Å². The van der Waals surface area contributed by atoms with E-state index in [0.717, 1.165) is 0 Å². The van der Waals surface area contributed by atoms with Crippen molar-refractivity contribution in [2.75, 3.05) is 5.32 Å². The number of alkyl halides is 2. The lowest BCUT2D eigenvalue weighted by atomic mass is 10.1. The summed E-state index contributed by atoms with van der Waals surface area (Å²) in [6.07, 6.45) is -4.86. The highest BCUT2D eigenvalue weighted by Crippen LogP contribution is 2.40. The first-order chi connectivity index (χ1) is 7.42. The second kappa shape index (κ2) is 3.41. The molecule has 1 aliphatic heterocycles. The number of hydrogen-bond acceptors (Lipinski definition) is 3. The average Bonchev–Trinajstić information content (AvgIpc) is 2.18. The normalized spacial score (nSPS) is 19.4. The maximum atomic E-state index is 13.0. The summed E-state index contributed by atoms with van der Waals surface area (Å²) in [6, 6.07) is 4.42. The number of carbonyl (C=O) groups is 1. The average molecular weight is 229 g/mol. The molecule has 4 nitrogen and oxygen atoms in total. The van der Waals surface area contributed by atoms with Gasteiger partial charge >= 0.3 is 12.0 Å². The van der Waals surface area contributed by atoms with Crippen LogP contribution in [-0.4, -0.2) is 17.1 Å². The molecule has 1 atom stereocenters. The van der Waals surface area contributed by atoms with Gasteiger partial charge in [0, 0.05) is 5.56 Å². The number of aliphatic hydroxyl groups excluding tert-OH is 1. The van der Waals surface area contributed by atoms with Crippen molar-refractivity contribution in [3.63, 3.8) is 0 Å². The highest BCUT2D eigenvalue weighted by molar-refractivity contribution is 5.98. The number of rotatable bonds is 1. The molecule has 1 aromatic rings. The standard InChI is InChI=1S/C10H9F2NO3/c1-5(14)6-3-2-4-7-8(6)16-10(11,12)9(15)13-7/h2-5,14H,1H3,(H,13,15)/t5-/m1/s1. The van der Waals surface area contributed by atoms with E-state index >= 15 is 0 Å². The van der Waals surface area contributed by atoms with Crippen LogP contribution in [0.5, 0.6) is 5.75 Å². The number of carbonyl (C=O) groups excluding carboxylic acids is 1. The van der Waals surface area contributed by atoms with E-state index < -0.39 is 18.1 Å². The zero-order chi connectivity index (χ0) is 11.9. The lowest BCUT2D eigenvalue weighted by Gasteiger charge is -2.27. The SMILES string of the molecule is C[C@@H](O)c1cccc2c1OC(F)(F)C(=O)N2. The first-order valence-corrected chi connectivity index (χ1v) is 4.61. The molecule has 1 aromatic carbocycles. The largest absolute Gasteiger partial charge is 0.482 e. The van der Waals surface area contributed by atoms with Crippen molar-refractivity contribution in [3.05, 3.63) is 23.8 Å². The number of ether oxygens (including phenoxy) is 1. The zero-order valence-electron chi connectivity index (χ0n) is 8.33. The summed E-state index contributed by atoms with van der Waals surface area (Å²) >= 11 is 0. The molecule has 2 N–H and O–H groups in total. The first-order valence-electron chi connectivity index (χ1n) is 4.61. The van der Waals surface area contributed by atoms with E-state index in [1.165, 1.54) is 25.1 Å². The van der Waals surface area contributed by atoms with Crippen LogP contribution in [0.1, 0.15) is 18.6 Å². The van der Waals surface area contributed by atoms with E-state index in [0.29, 0.717) is 0 Å². The quantitative estimate of drug-likeness (QED) is 0.770. The van der Waals surface area contributed by atoms with Gasteiger partial charge in [-0.1, -0.05) is 12.1 Å². The fraction of sp³-hybridized carbons (Fsp3) is 0.300. The molecule has 0 fully saturated rings. The van der Waals surface area contributed by atoms with Gasteiger partial charge in [0.25, 0.3) is 0 Å². The highest BCUT2D eigenvalue weighted by Gasteiger charge is 2.47. The van der Waals surface area contributed by atoms with Crippen LogP contribution in [0.15, 0.2) is 18.2 Å². The number of fused-ring (bicyclic) bond motifs is 1. The molecule has 0 radical (unpaired) electrons. The maximum Gasteiger partial charge on any atom is 0.482 e. The number of aliphatic hydroxyl groups is 1. The molecule has 0 aliphatic carbocycles. The van der Waals surface area contributed by atoms with Crippen molar-refractivity contribution in [2.24, 2.45) is 0 Å². The predicted octanol–water partition coefficient (Wildman–Crippen LogP) is 1.66. The molecular weight excluding hydrogens is 220 g/mol. The smallest absolute Gasteiger partial charge is 0.423 e. The molecule has 0 saturated heterocycles. The van der Waals surface area contributed by atoms with Gasteiger partial charge in [-0.2, -0.15) is 8.78 Å². The van der Waals surface area contributed by atoms with Crippen LogP contribution < -0.4 is 10.1 Å². The number of nitrogens with one attached hydrogen (secondary N) is 1. The molecule has 0 unspecified atom stereocenters. The van der Waals surface area contributed by atoms with Crippen LogP contribution in [0.2, 0.25) is 0 Å². The molecule has 2 rings (SSSR count). The molecule has 6 heteroatoms. The van der Waals surface area contributed by atoms with Crippen molar-refractivity contribution in [1.29, 1.82) is 0 Å². The number of amides is 1. The Morgan fingerprint density at radius 2 is 2.19 bits per heavy atom. The van der Waals surface area contributed by atoms with Gasteiger partial charge in [0.2, 0.25) is 0 Å². The molecule has 1 aliphatic rings. The third-order valence-electron chi connectivity index (χ3n) is 2.24. The number of para-hydroxylation sites is 1. The lowest BCUT2D eigenvalue weighted by molar-refractivity contribution is -0.189. The van der Waals surface area contributed by atoms with Crippen LogP contribution in [0, 0.1) is 0 Å². The molecule has 0 aromatic heterocycles. The molecule has 0 bridgehead atoms. The van der Waals surface area contributed by atoms with Crippen molar-refractivity contribution in [1.82, 2.24) is 0 Å². The van der Waals surface area contributed by atoms with Crippen LogP contribution in [0.3, 0.4) is 0 Å². The van der Waals surface area contributed by atoms with Gasteiger partial charge < -0.3 is 15.2 Å². The van der Waals surface area contributed by atoms with Crippen LogP contribution in [-0.2, 0) is 4.79 Å². The number of hydrogen-bond donors (Lipinski definition) is 2. The van der Waals surface area contributed by atoms with Gasteiger partial charge in [-0.05, 0) is 13.0 Å². The van der Waals surface area contributed by atoms with E-state index in [-0.39, 0.29) is 17.0 Å². The second-order valence-corrected chi connectivity index (χ2v) is 3.47. The monoisotopic (exact) mass is 229 g/mol. The van der Waals surface area contributed by atoms with Gasteiger partial charge in [0.05, 0.1) is 11.8 Å². The Balaban J connectivity index is 2.52. The van der Waals surface area contributed by atoms with Gasteiger partial charge in [-0.15, -0.1) is 0 Å². The molecular formula is C10H9F2NO3. The summed E-state index contributed by atoms with van der Waals surface area (Å²) in [5.41, 5.74) is 0.339. The van der Waals surface area contributed by atoms with E-state index in [1.807, 2.05) is 5.32 Å². The molecule has 1 heterocycles. The minimum absolute atomic E-state index is 0.134. The lowest BCUT2D eigenvalue weighted by Crippen LogP contribution is -2.43. The summed E-state index contributed by atoms with van der Waals surface area (Å²) in [7, 11) is 0. The van der Waals surface area contributed by atoms with Crippen LogP contribution >= 0.6 is 0 Å². The second-order valence-electron chi connectivity index (χ2n) is 3.47. The van der Waals surface area contributed by atoms with Gasteiger partial charge in [-0.3, -0.25) is 4.79 Å². The summed E-state index contributed by atoms with van der Waals surface area (Å²) in [5, 5.41) is 11.4. The maximum absolute atomic E-state index is 13.0.